The van der Waals surface area contributed by atoms with Gasteiger partial charge in [0, 0.05) is 51.1 Å². The summed E-state index contributed by atoms with van der Waals surface area (Å²) in [5, 5.41) is 0. The van der Waals surface area contributed by atoms with Crippen LogP contribution in [0.4, 0.5) is 4.39 Å². The molecule has 0 spiro atoms. The van der Waals surface area contributed by atoms with Crippen LogP contribution in [-0.2, 0) is 51.1 Å². The van der Waals surface area contributed by atoms with E-state index in [4.69, 9.17) is 28.4 Å². The highest BCUT2D eigenvalue weighted by Crippen LogP contribution is 2.41. The maximum atomic E-state index is 15.5. The van der Waals surface area contributed by atoms with Gasteiger partial charge in [-0.05, 0) is 171 Å². The summed E-state index contributed by atoms with van der Waals surface area (Å²) in [4.78, 5) is 72.6. The quantitative estimate of drug-likeness (QED) is 0.0514. The second-order valence-electron chi connectivity index (χ2n) is 20.0. The van der Waals surface area contributed by atoms with Gasteiger partial charge in [0.05, 0.1) is 0 Å². The molecule has 2 unspecified atom stereocenters. The highest BCUT2D eigenvalue weighted by molar-refractivity contribution is 5.92. The number of carbonyl (C=O) groups is 6. The average molecular weight is 1080 g/mol. The van der Waals surface area contributed by atoms with Crippen molar-refractivity contribution in [1.29, 1.82) is 0 Å². The van der Waals surface area contributed by atoms with Crippen LogP contribution in [0, 0.1) is 12.7 Å². The maximum Gasteiger partial charge on any atom is 0.338 e. The van der Waals surface area contributed by atoms with Gasteiger partial charge in [0.2, 0.25) is 0 Å². The molecule has 0 aliphatic heterocycles. The molecule has 6 aromatic carbocycles. The van der Waals surface area contributed by atoms with Crippen molar-refractivity contribution in [3.63, 3.8) is 0 Å². The first-order valence-electron chi connectivity index (χ1n) is 25.6. The number of benzene rings is 6. The minimum absolute atomic E-state index is 0.0685. The van der Waals surface area contributed by atoms with Gasteiger partial charge in [-0.15, -0.1) is 0 Å². The van der Waals surface area contributed by atoms with Gasteiger partial charge in [-0.25, -0.2) is 33.2 Å². The summed E-state index contributed by atoms with van der Waals surface area (Å²) in [5.74, 6) is -3.19. The Bertz CT molecular complexity index is 3300. The van der Waals surface area contributed by atoms with Crippen LogP contribution in [0.15, 0.2) is 182 Å². The van der Waals surface area contributed by atoms with Gasteiger partial charge in [-0.2, -0.15) is 0 Å². The minimum Gasteiger partial charge on any atom is -0.454 e. The van der Waals surface area contributed by atoms with E-state index >= 15 is 4.39 Å². The topological polar surface area (TPSA) is 158 Å². The van der Waals surface area contributed by atoms with E-state index in [1.54, 1.807) is 52.0 Å². The van der Waals surface area contributed by atoms with E-state index in [2.05, 4.69) is 51.6 Å². The van der Waals surface area contributed by atoms with Gasteiger partial charge < -0.3 is 28.4 Å². The fraction of sp³-hybridized carbons (Fsp3) is 0.194. The lowest BCUT2D eigenvalue weighted by Crippen LogP contribution is -2.10. The van der Waals surface area contributed by atoms with Crippen LogP contribution >= 0.6 is 0 Å². The molecule has 80 heavy (non-hydrogen) atoms. The number of hydrogen-bond donors (Lipinski definition) is 0. The molecule has 2 atom stereocenters. The number of halogens is 1. The van der Waals surface area contributed by atoms with Crippen molar-refractivity contribution in [3.8, 4) is 67.5 Å². The van der Waals surface area contributed by atoms with Gasteiger partial charge in [0.1, 0.15) is 41.0 Å². The first-order chi connectivity index (χ1) is 37.8. The average Bonchev–Trinajstić information content (AvgIpc) is 4.02. The van der Waals surface area contributed by atoms with Crippen LogP contribution in [0.25, 0.3) is 44.5 Å². The Balaban J connectivity index is 0.000000231. The van der Waals surface area contributed by atoms with E-state index in [1.165, 1.54) is 44.2 Å². The number of carbonyl (C=O) groups excluding carboxylic acids is 6. The molecule has 0 aromatic heterocycles. The Labute approximate surface area is 465 Å². The molecule has 12 nitrogen and oxygen atoms in total. The molecule has 2 aliphatic rings. The van der Waals surface area contributed by atoms with Gasteiger partial charge in [0.15, 0.2) is 0 Å². The Morgan fingerprint density at radius 2 is 0.700 bits per heavy atom. The van der Waals surface area contributed by atoms with Crippen molar-refractivity contribution >= 4 is 35.8 Å². The Morgan fingerprint density at radius 1 is 0.388 bits per heavy atom. The predicted octanol–water partition coefficient (Wildman–Crippen LogP) is 14.6. The van der Waals surface area contributed by atoms with Gasteiger partial charge in [0.25, 0.3) is 0 Å². The van der Waals surface area contributed by atoms with Crippen molar-refractivity contribution < 1.29 is 61.6 Å². The molecular formula is C67H61FO12. The predicted molar refractivity (Wildman–Crippen MR) is 305 cm³/mol. The number of esters is 6. The SMILES string of the molecule is C=C(C)C(=O)Oc1cc(OC(=O)C(=C)C)cc(-c2ccc(-c3ccc4c(c3)CCC4OC(=O)C(=C)C)cc2C)c1.C=C(C)C(=O)Oc1cc(OC(=O)C(=C)C)cc(-c2ccc(-c3ccc4c(c3)CCC4OC(=O)C(=C)C)cc2F)c1. The van der Waals surface area contributed by atoms with Crippen molar-refractivity contribution in [3.05, 3.63) is 216 Å². The summed E-state index contributed by atoms with van der Waals surface area (Å²) in [6, 6.07) is 32.1. The zero-order valence-electron chi connectivity index (χ0n) is 45.9. The van der Waals surface area contributed by atoms with Crippen molar-refractivity contribution in [2.75, 3.05) is 0 Å². The molecule has 408 valence electrons. The van der Waals surface area contributed by atoms with E-state index in [0.717, 1.165) is 74.9 Å². The van der Waals surface area contributed by atoms with Gasteiger partial charge >= 0.3 is 35.8 Å². The van der Waals surface area contributed by atoms with E-state index in [-0.39, 0.29) is 69.0 Å². The van der Waals surface area contributed by atoms with Crippen LogP contribution in [0.2, 0.25) is 0 Å². The number of hydrogen-bond acceptors (Lipinski definition) is 12. The van der Waals surface area contributed by atoms with Gasteiger partial charge in [-0.1, -0.05) is 106 Å². The fourth-order valence-electron chi connectivity index (χ4n) is 8.78. The Hall–Kier alpha value is -9.49. The third-order valence-corrected chi connectivity index (χ3v) is 13.0. The first kappa shape index (κ1) is 58.2. The molecule has 0 N–H and O–H groups in total. The molecule has 0 saturated heterocycles. The third-order valence-electron chi connectivity index (χ3n) is 13.0. The number of fused-ring (bicyclic) bond motifs is 2. The van der Waals surface area contributed by atoms with Crippen molar-refractivity contribution in [1.82, 2.24) is 0 Å². The summed E-state index contributed by atoms with van der Waals surface area (Å²) in [5.41, 5.74) is 12.5. The van der Waals surface area contributed by atoms with Crippen LogP contribution in [-0.4, -0.2) is 35.8 Å². The second kappa shape index (κ2) is 24.9. The summed E-state index contributed by atoms with van der Waals surface area (Å²) in [7, 11) is 0. The standard InChI is InChI=1S/C34H32O6.C33H29FO6/c1-19(2)32(35)38-27-16-26(17-28(18-27)39-33(36)20(3)4)29-11-8-23(14-22(29)7)24-9-12-30-25(15-24)10-13-31(30)40-34(37)21(5)6;1-18(2)31(35)38-25-14-24(15-26(17-25)39-32(36)19(3)4)27-10-7-22(16-29(27)34)21-8-11-28-23(13-21)9-12-30(28)40-33(37)20(5)6/h8-9,11-12,14-18,31H,1,3,5,10,13H2,2,4,6-7H3;7-8,10-11,13-17,30H,1,3,5,9,12H2,2,4,6H3. The molecule has 0 saturated carbocycles. The zero-order valence-corrected chi connectivity index (χ0v) is 45.9. The van der Waals surface area contributed by atoms with Crippen LogP contribution in [0.5, 0.6) is 23.0 Å². The highest BCUT2D eigenvalue weighted by atomic mass is 19.1. The summed E-state index contributed by atoms with van der Waals surface area (Å²) in [6.45, 7) is 33.1. The molecule has 2 aliphatic carbocycles. The van der Waals surface area contributed by atoms with Crippen molar-refractivity contribution in [2.24, 2.45) is 0 Å². The number of ether oxygens (including phenoxy) is 6. The minimum atomic E-state index is -0.668. The summed E-state index contributed by atoms with van der Waals surface area (Å²) < 4.78 is 48.2. The second-order valence-corrected chi connectivity index (χ2v) is 20.0. The molecule has 13 heteroatoms. The van der Waals surface area contributed by atoms with E-state index in [9.17, 15) is 28.8 Å². The molecule has 0 bridgehead atoms. The molecule has 0 amide bonds. The van der Waals surface area contributed by atoms with Gasteiger partial charge in [-0.3, -0.25) is 0 Å². The molecule has 0 fully saturated rings. The monoisotopic (exact) mass is 1080 g/mol. The first-order valence-corrected chi connectivity index (χ1v) is 25.6. The largest absolute Gasteiger partial charge is 0.454 e. The summed E-state index contributed by atoms with van der Waals surface area (Å²) in [6.07, 6.45) is 2.41. The summed E-state index contributed by atoms with van der Waals surface area (Å²) >= 11 is 0. The van der Waals surface area contributed by atoms with E-state index < -0.39 is 35.7 Å². The van der Waals surface area contributed by atoms with Crippen LogP contribution in [0.1, 0.15) is 94.4 Å². The third kappa shape index (κ3) is 14.2. The Kier molecular flexibility index (Phi) is 18.1. The van der Waals surface area contributed by atoms with Crippen molar-refractivity contribution in [2.45, 2.75) is 86.4 Å². The molecular weight excluding hydrogens is 1020 g/mol. The maximum absolute atomic E-state index is 15.5. The Morgan fingerprint density at radius 3 is 1.04 bits per heavy atom. The molecule has 6 aromatic rings. The van der Waals surface area contributed by atoms with E-state index in [0.29, 0.717) is 28.7 Å². The van der Waals surface area contributed by atoms with Crippen LogP contribution < -0.4 is 18.9 Å². The zero-order chi connectivity index (χ0) is 58.3. The highest BCUT2D eigenvalue weighted by Gasteiger charge is 2.28. The molecule has 0 radical (unpaired) electrons. The normalized spacial score (nSPS) is 13.7. The molecule has 0 heterocycles. The molecule has 8 rings (SSSR count). The lowest BCUT2D eigenvalue weighted by Gasteiger charge is -2.15. The smallest absolute Gasteiger partial charge is 0.338 e. The van der Waals surface area contributed by atoms with E-state index in [1.807, 2.05) is 49.4 Å². The van der Waals surface area contributed by atoms with Crippen LogP contribution in [0.3, 0.4) is 0 Å². The fourth-order valence-corrected chi connectivity index (χ4v) is 8.78. The number of rotatable bonds is 16. The lowest BCUT2D eigenvalue weighted by atomic mass is 9.94. The lowest BCUT2D eigenvalue weighted by molar-refractivity contribution is -0.145. The number of aryl methyl sites for hydroxylation is 3.